The van der Waals surface area contributed by atoms with Crippen LogP contribution in [0.2, 0.25) is 0 Å². The number of carbonyl (C=O) groups excluding carboxylic acids is 3. The van der Waals surface area contributed by atoms with E-state index in [-0.39, 0.29) is 36.0 Å². The number of benzene rings is 2. The molecule has 0 bridgehead atoms. The van der Waals surface area contributed by atoms with E-state index in [1.807, 2.05) is 0 Å². The number of hydrogen-bond acceptors (Lipinski definition) is 17. The van der Waals surface area contributed by atoms with Crippen LogP contribution in [0, 0.1) is 0 Å². The number of methoxy groups -OCH3 is 2. The summed E-state index contributed by atoms with van der Waals surface area (Å²) in [6, 6.07) is 9.03. The first-order valence-electron chi connectivity index (χ1n) is 16.3. The Morgan fingerprint density at radius 1 is 0.788 bits per heavy atom. The van der Waals surface area contributed by atoms with Gasteiger partial charge in [-0.15, -0.1) is 0 Å². The Labute approximate surface area is 299 Å². The highest BCUT2D eigenvalue weighted by atomic mass is 16.8. The van der Waals surface area contributed by atoms with Gasteiger partial charge in [-0.25, -0.2) is 4.79 Å². The van der Waals surface area contributed by atoms with Crippen molar-refractivity contribution in [1.82, 2.24) is 0 Å². The van der Waals surface area contributed by atoms with Crippen LogP contribution in [0.5, 0.6) is 23.0 Å². The second kappa shape index (κ2) is 18.3. The van der Waals surface area contributed by atoms with E-state index in [0.29, 0.717) is 11.1 Å². The second-order valence-corrected chi connectivity index (χ2v) is 12.0. The number of hydrogen-bond donors (Lipinski definition) is 5. The Bertz CT molecular complexity index is 1560. The van der Waals surface area contributed by atoms with Crippen LogP contribution in [0.4, 0.5) is 0 Å². The van der Waals surface area contributed by atoms with Crippen molar-refractivity contribution in [1.29, 1.82) is 0 Å². The molecule has 2 aliphatic heterocycles. The van der Waals surface area contributed by atoms with Crippen molar-refractivity contribution >= 4 is 24.0 Å². The van der Waals surface area contributed by atoms with E-state index in [9.17, 15) is 39.9 Å². The molecule has 0 aliphatic carbocycles. The van der Waals surface area contributed by atoms with E-state index >= 15 is 0 Å². The summed E-state index contributed by atoms with van der Waals surface area (Å²) < 4.78 is 50.2. The normalized spacial score (nSPS) is 28.9. The van der Waals surface area contributed by atoms with E-state index in [1.54, 1.807) is 12.1 Å². The maximum absolute atomic E-state index is 13.2. The zero-order valence-electron chi connectivity index (χ0n) is 29.1. The highest BCUT2D eigenvalue weighted by molar-refractivity contribution is 5.87. The van der Waals surface area contributed by atoms with Gasteiger partial charge in [0.15, 0.2) is 53.9 Å². The number of rotatable bonds is 14. The molecule has 0 unspecified atom stereocenters. The molecule has 286 valence electrons. The fourth-order valence-corrected chi connectivity index (χ4v) is 5.68. The molecule has 2 aromatic carbocycles. The fraction of sp³-hybridized carbons (Fsp3) is 0.514. The molecule has 2 fully saturated rings. The molecule has 2 heterocycles. The number of carbonyl (C=O) groups is 3. The first-order chi connectivity index (χ1) is 24.8. The highest BCUT2D eigenvalue weighted by Crippen LogP contribution is 2.34. The average Bonchev–Trinajstić information content (AvgIpc) is 3.10. The predicted octanol–water partition coefficient (Wildman–Crippen LogP) is 0.732. The summed E-state index contributed by atoms with van der Waals surface area (Å²) in [7, 11) is 2.76. The largest absolute Gasteiger partial charge is 0.504 e. The third kappa shape index (κ3) is 10.1. The van der Waals surface area contributed by atoms with Crippen molar-refractivity contribution in [2.24, 2.45) is 0 Å². The predicted molar refractivity (Wildman–Crippen MR) is 176 cm³/mol. The van der Waals surface area contributed by atoms with Gasteiger partial charge in [-0.1, -0.05) is 12.1 Å². The molecule has 4 rings (SSSR count). The summed E-state index contributed by atoms with van der Waals surface area (Å²) in [6.07, 6.45) is -12.1. The van der Waals surface area contributed by atoms with Crippen molar-refractivity contribution in [2.45, 2.75) is 88.6 Å². The summed E-state index contributed by atoms with van der Waals surface area (Å²) in [5, 5.41) is 52.6. The van der Waals surface area contributed by atoms with Crippen LogP contribution in [-0.2, 0) is 54.0 Å². The Hall–Kier alpha value is -4.49. The molecule has 0 aromatic heterocycles. The van der Waals surface area contributed by atoms with Crippen molar-refractivity contribution in [3.05, 3.63) is 53.6 Å². The van der Waals surface area contributed by atoms with Gasteiger partial charge in [0.2, 0.25) is 0 Å². The van der Waals surface area contributed by atoms with E-state index in [1.165, 1.54) is 51.5 Å². The summed E-state index contributed by atoms with van der Waals surface area (Å²) in [6.45, 7) is 2.82. The number of ether oxygens (including phenoxy) is 9. The molecule has 0 amide bonds. The van der Waals surface area contributed by atoms with Gasteiger partial charge >= 0.3 is 17.9 Å². The lowest BCUT2D eigenvalue weighted by molar-refractivity contribution is -0.358. The Morgan fingerprint density at radius 2 is 1.42 bits per heavy atom. The highest BCUT2D eigenvalue weighted by Gasteiger charge is 2.54. The number of aliphatic hydroxyl groups is 3. The van der Waals surface area contributed by atoms with Gasteiger partial charge in [-0.05, 0) is 54.8 Å². The maximum atomic E-state index is 13.2. The van der Waals surface area contributed by atoms with Crippen LogP contribution in [0.3, 0.4) is 0 Å². The Kier molecular flexibility index (Phi) is 14.2. The van der Waals surface area contributed by atoms with Crippen LogP contribution in [-0.4, -0.2) is 132 Å². The molecule has 0 spiro atoms. The van der Waals surface area contributed by atoms with Gasteiger partial charge in [0.1, 0.15) is 24.4 Å². The molecular weight excluding hydrogens is 692 g/mol. The molecule has 2 saturated heterocycles. The van der Waals surface area contributed by atoms with Crippen LogP contribution >= 0.6 is 0 Å². The minimum absolute atomic E-state index is 0.0441. The lowest BCUT2D eigenvalue weighted by atomic mass is 9.96. The molecule has 0 radical (unpaired) electrons. The quantitative estimate of drug-likeness (QED) is 0.102. The molecule has 2 aliphatic rings. The molecule has 5 N–H and O–H groups in total. The van der Waals surface area contributed by atoms with Gasteiger partial charge in [0, 0.05) is 19.9 Å². The van der Waals surface area contributed by atoms with Gasteiger partial charge in [0.05, 0.1) is 33.5 Å². The molecule has 2 aromatic rings. The standard InChI is InChI=1S/C35H44O17/c1-17-28(42)31(48-18(2)37)33(49-19(3)38)35(47-17)52-32-29(43)34(46-13-12-21-7-10-23(40)25(15-21)45-5)50-26(16-36)30(32)51-27(41)11-8-20-6-9-22(39)24(14-20)44-4/h6-11,14-15,17,26,28-36,39-40,42-43H,12-13,16H2,1-5H3/b11-8+/t17-,26+,28-,29+,30+,31+,32+,33+,34+,35-/m0/s1. The molecule has 52 heavy (non-hydrogen) atoms. The topological polar surface area (TPSA) is 235 Å². The summed E-state index contributed by atoms with van der Waals surface area (Å²) in [4.78, 5) is 37.3. The van der Waals surface area contributed by atoms with Gasteiger partial charge < -0.3 is 68.2 Å². The monoisotopic (exact) mass is 736 g/mol. The van der Waals surface area contributed by atoms with Crippen molar-refractivity contribution in [2.75, 3.05) is 27.4 Å². The van der Waals surface area contributed by atoms with Gasteiger partial charge in [-0.2, -0.15) is 0 Å². The SMILES string of the molecule is COc1cc(/C=C/C(=O)O[C@H]2[C@H](O[C@@H]3O[C@@H](C)[C@H](O)[C@@H](OC(C)=O)[C@H]3OC(C)=O)[C@@H](O)[C@H](OCCc3ccc(O)c(OC)c3)O[C@@H]2CO)ccc1O. The number of aromatic hydroxyl groups is 2. The minimum Gasteiger partial charge on any atom is -0.504 e. The van der Waals surface area contributed by atoms with Crippen molar-refractivity contribution in [3.8, 4) is 23.0 Å². The van der Waals surface area contributed by atoms with Crippen molar-refractivity contribution < 1.29 is 82.5 Å². The molecular formula is C35H44O17. The summed E-state index contributed by atoms with van der Waals surface area (Å²) >= 11 is 0. The summed E-state index contributed by atoms with van der Waals surface area (Å²) in [5.74, 6) is -2.37. The van der Waals surface area contributed by atoms with Crippen LogP contribution in [0.15, 0.2) is 42.5 Å². The summed E-state index contributed by atoms with van der Waals surface area (Å²) in [5.41, 5.74) is 1.17. The maximum Gasteiger partial charge on any atom is 0.331 e. The van der Waals surface area contributed by atoms with Gasteiger partial charge in [0.25, 0.3) is 0 Å². The third-order valence-electron chi connectivity index (χ3n) is 8.23. The van der Waals surface area contributed by atoms with Crippen LogP contribution < -0.4 is 9.47 Å². The number of esters is 3. The third-order valence-corrected chi connectivity index (χ3v) is 8.23. The zero-order valence-corrected chi connectivity index (χ0v) is 29.1. The van der Waals surface area contributed by atoms with Crippen LogP contribution in [0.1, 0.15) is 31.9 Å². The number of phenolic OH excluding ortho intramolecular Hbond substituents is 2. The Morgan fingerprint density at radius 3 is 2.06 bits per heavy atom. The first-order valence-corrected chi connectivity index (χ1v) is 16.3. The lowest BCUT2D eigenvalue weighted by Gasteiger charge is -2.47. The average molecular weight is 737 g/mol. The molecule has 17 heteroatoms. The fourth-order valence-electron chi connectivity index (χ4n) is 5.68. The number of aliphatic hydroxyl groups excluding tert-OH is 3. The second-order valence-electron chi connectivity index (χ2n) is 12.0. The minimum atomic E-state index is -1.74. The Balaban J connectivity index is 1.62. The van der Waals surface area contributed by atoms with E-state index in [2.05, 4.69) is 0 Å². The van der Waals surface area contributed by atoms with E-state index in [0.717, 1.165) is 19.9 Å². The first kappa shape index (κ1) is 40.3. The molecule has 17 nitrogen and oxygen atoms in total. The van der Waals surface area contributed by atoms with Crippen molar-refractivity contribution in [3.63, 3.8) is 0 Å². The zero-order chi connectivity index (χ0) is 38.1. The van der Waals surface area contributed by atoms with E-state index in [4.69, 9.17) is 42.6 Å². The number of phenols is 2. The van der Waals surface area contributed by atoms with Crippen LogP contribution in [0.25, 0.3) is 6.08 Å². The van der Waals surface area contributed by atoms with E-state index < -0.39 is 85.9 Å². The smallest absolute Gasteiger partial charge is 0.331 e. The molecule has 10 atom stereocenters. The lowest BCUT2D eigenvalue weighted by Crippen LogP contribution is -2.65. The molecule has 0 saturated carbocycles. The van der Waals surface area contributed by atoms with Gasteiger partial charge in [-0.3, -0.25) is 9.59 Å².